The van der Waals surface area contributed by atoms with Crippen molar-refractivity contribution in [2.24, 2.45) is 0 Å². The van der Waals surface area contributed by atoms with Gasteiger partial charge in [0, 0.05) is 11.4 Å². The Bertz CT molecular complexity index is 760. The second-order valence-corrected chi connectivity index (χ2v) is 5.53. The number of rotatable bonds is 4. The maximum absolute atomic E-state index is 12.1. The number of ether oxygens (including phenoxy) is 2. The van der Waals surface area contributed by atoms with E-state index in [1.165, 1.54) is 11.3 Å². The summed E-state index contributed by atoms with van der Waals surface area (Å²) in [6, 6.07) is 11.1. The van der Waals surface area contributed by atoms with E-state index in [4.69, 9.17) is 14.7 Å². The Balaban J connectivity index is 1.65. The summed E-state index contributed by atoms with van der Waals surface area (Å²) < 4.78 is 10.5. The molecule has 22 heavy (non-hydrogen) atoms. The molecule has 0 radical (unpaired) electrons. The molecule has 0 spiro atoms. The Labute approximate surface area is 131 Å². The van der Waals surface area contributed by atoms with Gasteiger partial charge in [-0.3, -0.25) is 4.79 Å². The van der Waals surface area contributed by atoms with Gasteiger partial charge in [0.2, 0.25) is 6.79 Å². The van der Waals surface area contributed by atoms with Crippen molar-refractivity contribution in [2.75, 3.05) is 6.79 Å². The lowest BCUT2D eigenvalue weighted by molar-refractivity contribution is -0.117. The molecule has 0 atom stereocenters. The number of fused-ring (bicyclic) bond motifs is 1. The summed E-state index contributed by atoms with van der Waals surface area (Å²) in [7, 11) is 0. The van der Waals surface area contributed by atoms with E-state index in [0.717, 1.165) is 10.4 Å². The van der Waals surface area contributed by atoms with Gasteiger partial charge in [0.15, 0.2) is 11.5 Å². The summed E-state index contributed by atoms with van der Waals surface area (Å²) in [5, 5.41) is 13.7. The van der Waals surface area contributed by atoms with E-state index in [-0.39, 0.29) is 12.4 Å². The van der Waals surface area contributed by atoms with Crippen LogP contribution in [0.3, 0.4) is 0 Å². The highest BCUT2D eigenvalue weighted by Gasteiger charge is 2.14. The molecule has 1 amide bonds. The molecule has 1 N–H and O–H groups in total. The van der Waals surface area contributed by atoms with E-state index in [1.807, 2.05) is 35.7 Å². The molecule has 1 aromatic carbocycles. The normalized spacial score (nSPS) is 12.8. The van der Waals surface area contributed by atoms with Crippen LogP contribution in [0.4, 0.5) is 0 Å². The molecule has 0 fully saturated rings. The van der Waals surface area contributed by atoms with Crippen LogP contribution in [0.15, 0.2) is 41.3 Å². The number of hydrogen-bond donors (Lipinski definition) is 1. The van der Waals surface area contributed by atoms with Gasteiger partial charge in [-0.25, -0.2) is 0 Å². The predicted molar refractivity (Wildman–Crippen MR) is 82.3 cm³/mol. The van der Waals surface area contributed by atoms with Gasteiger partial charge < -0.3 is 14.8 Å². The second kappa shape index (κ2) is 6.33. The number of hydrogen-bond acceptors (Lipinski definition) is 5. The minimum Gasteiger partial charge on any atom is -0.454 e. The van der Waals surface area contributed by atoms with E-state index in [9.17, 15) is 4.79 Å². The highest BCUT2D eigenvalue weighted by molar-refractivity contribution is 7.10. The van der Waals surface area contributed by atoms with Crippen molar-refractivity contribution < 1.29 is 14.3 Å². The van der Waals surface area contributed by atoms with E-state index in [1.54, 1.807) is 12.1 Å². The smallest absolute Gasteiger partial charge is 0.262 e. The van der Waals surface area contributed by atoms with Gasteiger partial charge in [-0.1, -0.05) is 12.1 Å². The molecule has 2 heterocycles. The largest absolute Gasteiger partial charge is 0.454 e. The van der Waals surface area contributed by atoms with Crippen LogP contribution in [0.1, 0.15) is 10.4 Å². The summed E-state index contributed by atoms with van der Waals surface area (Å²) in [5.74, 6) is 0.973. The third-order valence-electron chi connectivity index (χ3n) is 3.08. The highest BCUT2D eigenvalue weighted by Crippen LogP contribution is 2.32. The second-order valence-electron chi connectivity index (χ2n) is 4.56. The van der Waals surface area contributed by atoms with Gasteiger partial charge in [0.1, 0.15) is 11.6 Å². The maximum atomic E-state index is 12.1. The molecule has 1 aromatic heterocycles. The fourth-order valence-corrected chi connectivity index (χ4v) is 2.65. The van der Waals surface area contributed by atoms with Gasteiger partial charge >= 0.3 is 0 Å². The third kappa shape index (κ3) is 3.10. The summed E-state index contributed by atoms with van der Waals surface area (Å²) in [5.41, 5.74) is 0.967. The summed E-state index contributed by atoms with van der Waals surface area (Å²) in [6.45, 7) is 0.534. The molecule has 0 unspecified atom stereocenters. The number of carbonyl (C=O) groups is 1. The fourth-order valence-electron chi connectivity index (χ4n) is 1.99. The van der Waals surface area contributed by atoms with Crippen LogP contribution in [0, 0.1) is 11.3 Å². The van der Waals surface area contributed by atoms with Crippen LogP contribution in [0.25, 0.3) is 6.08 Å². The average Bonchev–Trinajstić information content (AvgIpc) is 3.20. The molecule has 6 heteroatoms. The van der Waals surface area contributed by atoms with Crippen LogP contribution in [0.5, 0.6) is 11.5 Å². The molecule has 5 nitrogen and oxygen atoms in total. The van der Waals surface area contributed by atoms with Gasteiger partial charge in [0.25, 0.3) is 5.91 Å². The topological polar surface area (TPSA) is 71.4 Å². The molecule has 0 aliphatic carbocycles. The number of thiophene rings is 1. The first-order chi connectivity index (χ1) is 10.8. The van der Waals surface area contributed by atoms with Gasteiger partial charge in [0.05, 0.1) is 0 Å². The van der Waals surface area contributed by atoms with E-state index < -0.39 is 5.91 Å². The van der Waals surface area contributed by atoms with Crippen molar-refractivity contribution in [2.45, 2.75) is 6.54 Å². The Morgan fingerprint density at radius 3 is 3.00 bits per heavy atom. The lowest BCUT2D eigenvalue weighted by Crippen LogP contribution is -2.23. The van der Waals surface area contributed by atoms with Crippen molar-refractivity contribution in [1.29, 1.82) is 5.26 Å². The summed E-state index contributed by atoms with van der Waals surface area (Å²) in [6.07, 6.45) is 1.58. The lowest BCUT2D eigenvalue weighted by Gasteiger charge is -2.05. The number of nitriles is 1. The fraction of sp³-hybridized carbons (Fsp3) is 0.125. The van der Waals surface area contributed by atoms with Crippen LogP contribution in [0.2, 0.25) is 0 Å². The predicted octanol–water partition coefficient (Wildman–Crippen LogP) is 2.70. The van der Waals surface area contributed by atoms with Crippen molar-refractivity contribution in [3.05, 3.63) is 51.7 Å². The first-order valence-electron chi connectivity index (χ1n) is 6.58. The molecular formula is C16H12N2O3S. The molecule has 110 valence electrons. The highest BCUT2D eigenvalue weighted by atomic mass is 32.1. The monoisotopic (exact) mass is 312 g/mol. The van der Waals surface area contributed by atoms with Gasteiger partial charge in [-0.05, 0) is 35.2 Å². The number of benzene rings is 1. The molecule has 0 bridgehead atoms. The maximum Gasteiger partial charge on any atom is 0.262 e. The van der Waals surface area contributed by atoms with Crippen molar-refractivity contribution in [1.82, 2.24) is 5.32 Å². The molecule has 0 saturated heterocycles. The standard InChI is InChI=1S/C16H12N2O3S/c17-8-12(7-13-2-1-5-22-13)16(19)18-9-11-3-4-14-15(6-11)21-10-20-14/h1-7H,9-10H2,(H,18,19). The molecule has 3 rings (SSSR count). The van der Waals surface area contributed by atoms with Gasteiger partial charge in [-0.2, -0.15) is 5.26 Å². The minimum atomic E-state index is -0.395. The van der Waals surface area contributed by atoms with E-state index >= 15 is 0 Å². The number of amides is 1. The molecular weight excluding hydrogens is 300 g/mol. The Hall–Kier alpha value is -2.78. The van der Waals surface area contributed by atoms with Crippen LogP contribution in [-0.2, 0) is 11.3 Å². The average molecular weight is 312 g/mol. The lowest BCUT2D eigenvalue weighted by atomic mass is 10.2. The van der Waals surface area contributed by atoms with Crippen LogP contribution in [-0.4, -0.2) is 12.7 Å². The SMILES string of the molecule is N#CC(=Cc1cccs1)C(=O)NCc1ccc2c(c1)OCO2. The van der Waals surface area contributed by atoms with Gasteiger partial charge in [-0.15, -0.1) is 11.3 Å². The summed E-state index contributed by atoms with van der Waals surface area (Å²) >= 11 is 1.47. The zero-order valence-corrected chi connectivity index (χ0v) is 12.4. The number of nitrogens with zero attached hydrogens (tertiary/aromatic N) is 1. The minimum absolute atomic E-state index is 0.0863. The third-order valence-corrected chi connectivity index (χ3v) is 3.90. The first-order valence-corrected chi connectivity index (χ1v) is 7.46. The summed E-state index contributed by atoms with van der Waals surface area (Å²) in [4.78, 5) is 12.9. The molecule has 1 aliphatic heterocycles. The Morgan fingerprint density at radius 1 is 1.36 bits per heavy atom. The zero-order valence-electron chi connectivity index (χ0n) is 11.5. The van der Waals surface area contributed by atoms with Crippen molar-refractivity contribution >= 4 is 23.3 Å². The number of carbonyl (C=O) groups excluding carboxylic acids is 1. The quantitative estimate of drug-likeness (QED) is 0.696. The number of nitrogens with one attached hydrogen (secondary N) is 1. The zero-order chi connectivity index (χ0) is 15.4. The Morgan fingerprint density at radius 2 is 2.23 bits per heavy atom. The molecule has 2 aromatic rings. The molecule has 0 saturated carbocycles. The van der Waals surface area contributed by atoms with E-state index in [0.29, 0.717) is 18.0 Å². The van der Waals surface area contributed by atoms with Crippen molar-refractivity contribution in [3.63, 3.8) is 0 Å². The van der Waals surface area contributed by atoms with Crippen LogP contribution >= 0.6 is 11.3 Å². The van der Waals surface area contributed by atoms with Crippen molar-refractivity contribution in [3.8, 4) is 17.6 Å². The first kappa shape index (κ1) is 14.2. The molecule has 1 aliphatic rings. The van der Waals surface area contributed by atoms with E-state index in [2.05, 4.69) is 5.32 Å². The Kier molecular flexibility index (Phi) is 4.08. The van der Waals surface area contributed by atoms with Crippen LogP contribution < -0.4 is 14.8 Å².